The van der Waals surface area contributed by atoms with Gasteiger partial charge in [-0.25, -0.2) is 9.18 Å². The van der Waals surface area contributed by atoms with Gasteiger partial charge in [-0.15, -0.1) is 0 Å². The van der Waals surface area contributed by atoms with Gasteiger partial charge in [0.1, 0.15) is 17.9 Å². The molecule has 0 heterocycles. The van der Waals surface area contributed by atoms with E-state index in [1.165, 1.54) is 31.2 Å². The second kappa shape index (κ2) is 9.64. The zero-order valence-corrected chi connectivity index (χ0v) is 15.7. The zero-order valence-electron chi connectivity index (χ0n) is 15.7. The molecule has 0 aromatic heterocycles. The first-order valence-corrected chi connectivity index (χ1v) is 8.85. The molecule has 0 spiro atoms. The Bertz CT molecular complexity index is 834. The van der Waals surface area contributed by atoms with Gasteiger partial charge in [0.25, 0.3) is 0 Å². The van der Waals surface area contributed by atoms with Crippen molar-refractivity contribution < 1.29 is 23.9 Å². The van der Waals surface area contributed by atoms with E-state index in [0.29, 0.717) is 5.56 Å². The van der Waals surface area contributed by atoms with Crippen molar-refractivity contribution in [3.05, 3.63) is 71.0 Å². The molecule has 2 atom stereocenters. The van der Waals surface area contributed by atoms with E-state index in [2.05, 4.69) is 10.6 Å². The van der Waals surface area contributed by atoms with E-state index in [-0.39, 0.29) is 12.8 Å². The lowest BCUT2D eigenvalue weighted by atomic mass is 10.0. The van der Waals surface area contributed by atoms with Crippen LogP contribution in [0.1, 0.15) is 23.6 Å². The minimum absolute atomic E-state index is 0.114. The fraction of sp³-hybridized carbons (Fsp3) is 0.286. The summed E-state index contributed by atoms with van der Waals surface area (Å²) < 4.78 is 13.1. The number of hydrogen-bond donors (Lipinski definition) is 3. The quantitative estimate of drug-likeness (QED) is 0.647. The zero-order chi connectivity index (χ0) is 20.7. The highest BCUT2D eigenvalue weighted by atomic mass is 19.1. The van der Waals surface area contributed by atoms with Crippen LogP contribution in [-0.4, -0.2) is 35.0 Å². The second-order valence-corrected chi connectivity index (χ2v) is 6.67. The highest BCUT2D eigenvalue weighted by Crippen LogP contribution is 2.09. The monoisotopic (exact) mass is 386 g/mol. The molecule has 0 aliphatic heterocycles. The normalized spacial score (nSPS) is 12.7. The van der Waals surface area contributed by atoms with Crippen LogP contribution in [0.3, 0.4) is 0 Å². The molecular formula is C21H23FN2O4. The van der Waals surface area contributed by atoms with Crippen molar-refractivity contribution in [1.29, 1.82) is 0 Å². The minimum Gasteiger partial charge on any atom is -0.480 e. The van der Waals surface area contributed by atoms with Crippen molar-refractivity contribution in [3.8, 4) is 0 Å². The van der Waals surface area contributed by atoms with Crippen molar-refractivity contribution in [3.63, 3.8) is 0 Å². The standard InChI is InChI=1S/C21H23FN2O4/c1-13-3-5-15(6-4-13)12-19(21(27)28)24-20(26)18(23-14(2)25)11-16-7-9-17(22)10-8-16/h3-10,18-19H,11-12H2,1-2H3,(H,23,25)(H,24,26)(H,27,28)/t18-,19+/m0/s1. The predicted octanol–water partition coefficient (Wildman–Crippen LogP) is 1.99. The Morgan fingerprint density at radius 3 is 1.89 bits per heavy atom. The number of carboxylic acid groups (broad SMARTS) is 1. The molecule has 2 aromatic rings. The fourth-order valence-electron chi connectivity index (χ4n) is 2.74. The molecule has 7 heteroatoms. The van der Waals surface area contributed by atoms with Crippen LogP contribution in [0.4, 0.5) is 4.39 Å². The number of rotatable bonds is 8. The summed E-state index contributed by atoms with van der Waals surface area (Å²) in [6, 6.07) is 10.8. The van der Waals surface area contributed by atoms with Crippen LogP contribution >= 0.6 is 0 Å². The number of hydrogen-bond acceptors (Lipinski definition) is 3. The number of amides is 2. The fourth-order valence-corrected chi connectivity index (χ4v) is 2.74. The van der Waals surface area contributed by atoms with Crippen LogP contribution in [0.5, 0.6) is 0 Å². The first-order chi connectivity index (χ1) is 13.2. The number of nitrogens with one attached hydrogen (secondary N) is 2. The van der Waals surface area contributed by atoms with Crippen molar-refractivity contribution in [2.75, 3.05) is 0 Å². The molecule has 0 saturated carbocycles. The second-order valence-electron chi connectivity index (χ2n) is 6.67. The van der Waals surface area contributed by atoms with Gasteiger partial charge in [0.15, 0.2) is 0 Å². The first-order valence-electron chi connectivity index (χ1n) is 8.85. The number of carbonyl (C=O) groups is 3. The maximum atomic E-state index is 13.1. The van der Waals surface area contributed by atoms with E-state index in [1.807, 2.05) is 19.1 Å². The van der Waals surface area contributed by atoms with Gasteiger partial charge in [-0.05, 0) is 30.2 Å². The van der Waals surface area contributed by atoms with Crippen molar-refractivity contribution in [1.82, 2.24) is 10.6 Å². The Hall–Kier alpha value is -3.22. The third kappa shape index (κ3) is 6.50. The van der Waals surface area contributed by atoms with Crippen LogP contribution in [0, 0.1) is 12.7 Å². The summed E-state index contributed by atoms with van der Waals surface area (Å²) in [5.74, 6) is -2.61. The summed E-state index contributed by atoms with van der Waals surface area (Å²) in [5.41, 5.74) is 2.46. The van der Waals surface area contributed by atoms with E-state index in [1.54, 1.807) is 12.1 Å². The van der Waals surface area contributed by atoms with E-state index in [4.69, 9.17) is 0 Å². The Balaban J connectivity index is 2.11. The molecule has 2 amide bonds. The number of carboxylic acids is 1. The molecule has 3 N–H and O–H groups in total. The van der Waals surface area contributed by atoms with Crippen LogP contribution in [0.15, 0.2) is 48.5 Å². The molecular weight excluding hydrogens is 363 g/mol. The van der Waals surface area contributed by atoms with Gasteiger partial charge >= 0.3 is 5.97 Å². The minimum atomic E-state index is -1.17. The molecule has 2 rings (SSSR count). The van der Waals surface area contributed by atoms with Crippen LogP contribution < -0.4 is 10.6 Å². The highest BCUT2D eigenvalue weighted by molar-refractivity contribution is 5.90. The summed E-state index contributed by atoms with van der Waals surface area (Å²) in [6.07, 6.45) is 0.229. The Labute approximate surface area is 162 Å². The molecule has 0 bridgehead atoms. The van der Waals surface area contributed by atoms with Crippen LogP contribution in [0.2, 0.25) is 0 Å². The lowest BCUT2D eigenvalue weighted by Gasteiger charge is -2.21. The van der Waals surface area contributed by atoms with Crippen LogP contribution in [-0.2, 0) is 27.2 Å². The number of carbonyl (C=O) groups excluding carboxylic acids is 2. The topological polar surface area (TPSA) is 95.5 Å². The average Bonchev–Trinajstić information content (AvgIpc) is 2.63. The number of benzene rings is 2. The van der Waals surface area contributed by atoms with Crippen LogP contribution in [0.25, 0.3) is 0 Å². The molecule has 148 valence electrons. The van der Waals surface area contributed by atoms with Gasteiger partial charge in [-0.2, -0.15) is 0 Å². The van der Waals surface area contributed by atoms with Crippen molar-refractivity contribution in [2.24, 2.45) is 0 Å². The lowest BCUT2D eigenvalue weighted by molar-refractivity contribution is -0.142. The van der Waals surface area contributed by atoms with Gasteiger partial charge in [-0.3, -0.25) is 9.59 Å². The van der Waals surface area contributed by atoms with Crippen molar-refractivity contribution >= 4 is 17.8 Å². The van der Waals surface area contributed by atoms with Crippen molar-refractivity contribution in [2.45, 2.75) is 38.8 Å². The molecule has 0 fully saturated rings. The molecule has 0 unspecified atom stereocenters. The molecule has 28 heavy (non-hydrogen) atoms. The molecule has 0 saturated heterocycles. The molecule has 6 nitrogen and oxygen atoms in total. The average molecular weight is 386 g/mol. The van der Waals surface area contributed by atoms with E-state index in [0.717, 1.165) is 11.1 Å². The third-order valence-corrected chi connectivity index (χ3v) is 4.22. The van der Waals surface area contributed by atoms with Gasteiger partial charge in [-0.1, -0.05) is 42.0 Å². The summed E-state index contributed by atoms with van der Waals surface area (Å²) in [7, 11) is 0. The Morgan fingerprint density at radius 2 is 1.39 bits per heavy atom. The highest BCUT2D eigenvalue weighted by Gasteiger charge is 2.26. The summed E-state index contributed by atoms with van der Waals surface area (Å²) in [4.78, 5) is 35.7. The van der Waals surface area contributed by atoms with E-state index >= 15 is 0 Å². The van der Waals surface area contributed by atoms with E-state index < -0.39 is 35.7 Å². The first kappa shape index (κ1) is 21.1. The summed E-state index contributed by atoms with van der Waals surface area (Å²) >= 11 is 0. The summed E-state index contributed by atoms with van der Waals surface area (Å²) in [5, 5.41) is 14.5. The maximum Gasteiger partial charge on any atom is 0.326 e. The molecule has 0 aliphatic rings. The predicted molar refractivity (Wildman–Crippen MR) is 102 cm³/mol. The van der Waals surface area contributed by atoms with E-state index in [9.17, 15) is 23.9 Å². The Morgan fingerprint density at radius 1 is 0.893 bits per heavy atom. The third-order valence-electron chi connectivity index (χ3n) is 4.22. The smallest absolute Gasteiger partial charge is 0.326 e. The van der Waals surface area contributed by atoms with Gasteiger partial charge < -0.3 is 15.7 Å². The van der Waals surface area contributed by atoms with Gasteiger partial charge in [0.05, 0.1) is 0 Å². The number of halogens is 1. The number of aliphatic carboxylic acids is 1. The maximum absolute atomic E-state index is 13.1. The summed E-state index contributed by atoms with van der Waals surface area (Å²) in [6.45, 7) is 3.19. The number of aryl methyl sites for hydroxylation is 1. The molecule has 0 aliphatic carbocycles. The Kier molecular flexibility index (Phi) is 7.26. The molecule has 2 aromatic carbocycles. The SMILES string of the molecule is CC(=O)N[C@@H](Cc1ccc(F)cc1)C(=O)N[C@H](Cc1ccc(C)cc1)C(=O)O. The largest absolute Gasteiger partial charge is 0.480 e. The van der Waals surface area contributed by atoms with Gasteiger partial charge in [0, 0.05) is 19.8 Å². The van der Waals surface area contributed by atoms with Gasteiger partial charge in [0.2, 0.25) is 11.8 Å². The molecule has 0 radical (unpaired) electrons. The lowest BCUT2D eigenvalue weighted by Crippen LogP contribution is -2.52.